The van der Waals surface area contributed by atoms with Gasteiger partial charge in [-0.25, -0.2) is 13.2 Å². The van der Waals surface area contributed by atoms with Crippen LogP contribution in [0.3, 0.4) is 0 Å². The number of carboxylic acids is 1. The van der Waals surface area contributed by atoms with Crippen LogP contribution in [-0.4, -0.2) is 42.3 Å². The van der Waals surface area contributed by atoms with Crippen LogP contribution in [0.15, 0.2) is 17.0 Å². The van der Waals surface area contributed by atoms with E-state index in [1.54, 1.807) is 0 Å². The van der Waals surface area contributed by atoms with Crippen LogP contribution in [0, 0.1) is 6.92 Å². The van der Waals surface area contributed by atoms with E-state index in [-0.39, 0.29) is 21.0 Å². The van der Waals surface area contributed by atoms with Gasteiger partial charge >= 0.3 is 5.97 Å². The molecule has 1 rings (SSSR count). The van der Waals surface area contributed by atoms with Crippen molar-refractivity contribution in [2.24, 2.45) is 5.73 Å². The van der Waals surface area contributed by atoms with Gasteiger partial charge in [0.15, 0.2) is 0 Å². The molecule has 0 aliphatic heterocycles. The molecule has 7 nitrogen and oxygen atoms in total. The predicted molar refractivity (Wildman–Crippen MR) is 81.4 cm³/mol. The summed E-state index contributed by atoms with van der Waals surface area (Å²) in [5.41, 5.74) is 3.67. The number of benzene rings is 1. The minimum atomic E-state index is -4.17. The van der Waals surface area contributed by atoms with Crippen LogP contribution >= 0.6 is 11.6 Å². The Bertz CT molecular complexity index is 743. The van der Waals surface area contributed by atoms with Crippen molar-refractivity contribution >= 4 is 33.5 Å². The molecular weight excluding hydrogens is 332 g/mol. The average Bonchev–Trinajstić information content (AvgIpc) is 2.39. The Morgan fingerprint density at radius 1 is 1.32 bits per heavy atom. The molecule has 0 aliphatic rings. The number of carbonyl (C=O) groups is 2. The summed E-state index contributed by atoms with van der Waals surface area (Å²) in [4.78, 5) is 22.3. The van der Waals surface area contributed by atoms with Gasteiger partial charge in [-0.2, -0.15) is 4.31 Å². The maximum Gasteiger partial charge on any atom is 0.335 e. The quantitative estimate of drug-likeness (QED) is 0.829. The summed E-state index contributed by atoms with van der Waals surface area (Å²) in [5, 5.41) is 9.04. The zero-order chi connectivity index (χ0) is 17.5. The summed E-state index contributed by atoms with van der Waals surface area (Å²) >= 11 is 5.91. The smallest absolute Gasteiger partial charge is 0.335 e. The van der Waals surface area contributed by atoms with Crippen LogP contribution in [0.5, 0.6) is 0 Å². The molecule has 1 amide bonds. The van der Waals surface area contributed by atoms with E-state index in [1.165, 1.54) is 27.8 Å². The molecule has 0 bridgehead atoms. The summed E-state index contributed by atoms with van der Waals surface area (Å²) in [5.74, 6) is -2.15. The second-order valence-electron chi connectivity index (χ2n) is 5.28. The van der Waals surface area contributed by atoms with Crippen molar-refractivity contribution in [2.45, 2.75) is 31.2 Å². The van der Waals surface area contributed by atoms with E-state index in [9.17, 15) is 18.0 Å². The Morgan fingerprint density at radius 3 is 2.23 bits per heavy atom. The standard InChI is InChI=1S/C13H17ClN2O5S/c1-7-9(14)5-8(11(17)18)6-10(7)22(20,21)16(4)13(2,3)12(15)19/h5-6H,1-4H3,(H2,15,19)(H,17,18). The van der Waals surface area contributed by atoms with Crippen LogP contribution in [0.4, 0.5) is 0 Å². The third kappa shape index (κ3) is 3.08. The van der Waals surface area contributed by atoms with Gasteiger partial charge in [-0.15, -0.1) is 0 Å². The van der Waals surface area contributed by atoms with Gasteiger partial charge in [-0.05, 0) is 38.5 Å². The molecule has 0 fully saturated rings. The fourth-order valence-electron chi connectivity index (χ4n) is 1.65. The lowest BCUT2D eigenvalue weighted by atomic mass is 10.1. The van der Waals surface area contributed by atoms with E-state index in [1.807, 2.05) is 0 Å². The largest absolute Gasteiger partial charge is 0.478 e. The lowest BCUT2D eigenvalue weighted by Gasteiger charge is -2.32. The number of likely N-dealkylation sites (N-methyl/N-ethyl adjacent to an activating group) is 1. The molecule has 0 atom stereocenters. The van der Waals surface area contributed by atoms with Crippen LogP contribution in [0.25, 0.3) is 0 Å². The summed E-state index contributed by atoms with van der Waals surface area (Å²) < 4.78 is 26.2. The van der Waals surface area contributed by atoms with Crippen LogP contribution in [-0.2, 0) is 14.8 Å². The van der Waals surface area contributed by atoms with Crippen LogP contribution in [0.2, 0.25) is 5.02 Å². The van der Waals surface area contributed by atoms with Crippen molar-refractivity contribution in [2.75, 3.05) is 7.05 Å². The number of carbonyl (C=O) groups excluding carboxylic acids is 1. The normalized spacial score (nSPS) is 12.5. The highest BCUT2D eigenvalue weighted by atomic mass is 35.5. The number of amides is 1. The number of nitrogens with two attached hydrogens (primary N) is 1. The van der Waals surface area contributed by atoms with E-state index < -0.39 is 27.4 Å². The number of halogens is 1. The molecule has 0 radical (unpaired) electrons. The number of sulfonamides is 1. The van der Waals surface area contributed by atoms with Crippen LogP contribution < -0.4 is 5.73 Å². The topological polar surface area (TPSA) is 118 Å². The van der Waals surface area contributed by atoms with Crippen molar-refractivity contribution in [1.82, 2.24) is 4.31 Å². The van der Waals surface area contributed by atoms with Gasteiger partial charge in [-0.3, -0.25) is 4.79 Å². The van der Waals surface area contributed by atoms with E-state index in [0.717, 1.165) is 16.4 Å². The molecule has 0 heterocycles. The van der Waals surface area contributed by atoms with Crippen molar-refractivity contribution in [3.8, 4) is 0 Å². The summed E-state index contributed by atoms with van der Waals surface area (Å²) in [6.07, 6.45) is 0. The fraction of sp³-hybridized carbons (Fsp3) is 0.385. The summed E-state index contributed by atoms with van der Waals surface area (Å²) in [6.45, 7) is 4.15. The molecule has 3 N–H and O–H groups in total. The number of nitrogens with zero attached hydrogens (tertiary/aromatic N) is 1. The second-order valence-corrected chi connectivity index (χ2v) is 7.63. The van der Waals surface area contributed by atoms with Gasteiger partial charge in [-0.1, -0.05) is 11.6 Å². The van der Waals surface area contributed by atoms with Crippen molar-refractivity contribution in [3.63, 3.8) is 0 Å². The first-order valence-corrected chi connectivity index (χ1v) is 7.97. The Kier molecular flexibility index (Phi) is 4.91. The minimum absolute atomic E-state index is 0.00348. The molecule has 122 valence electrons. The number of hydrogen-bond donors (Lipinski definition) is 2. The van der Waals surface area contributed by atoms with Gasteiger partial charge in [0, 0.05) is 12.1 Å². The molecule has 9 heteroatoms. The molecule has 0 unspecified atom stereocenters. The Hall–Kier alpha value is -1.64. The maximum atomic E-state index is 12.7. The zero-order valence-electron chi connectivity index (χ0n) is 12.5. The molecule has 22 heavy (non-hydrogen) atoms. The number of carboxylic acid groups (broad SMARTS) is 1. The van der Waals surface area contributed by atoms with Gasteiger partial charge in [0.2, 0.25) is 15.9 Å². The maximum absolute atomic E-state index is 12.7. The Balaban J connectivity index is 3.60. The van der Waals surface area contributed by atoms with Crippen molar-refractivity contribution in [3.05, 3.63) is 28.3 Å². The summed E-state index contributed by atoms with van der Waals surface area (Å²) in [6, 6.07) is 2.17. The van der Waals surface area contributed by atoms with E-state index in [0.29, 0.717) is 0 Å². The predicted octanol–water partition coefficient (Wildman–Crippen LogP) is 1.23. The second kappa shape index (κ2) is 5.86. The molecule has 0 spiro atoms. The Morgan fingerprint density at radius 2 is 1.82 bits per heavy atom. The third-order valence-electron chi connectivity index (χ3n) is 3.57. The first-order chi connectivity index (χ1) is 9.83. The molecule has 0 saturated carbocycles. The highest BCUT2D eigenvalue weighted by Crippen LogP contribution is 2.30. The highest BCUT2D eigenvalue weighted by molar-refractivity contribution is 7.89. The lowest BCUT2D eigenvalue weighted by molar-refractivity contribution is -0.125. The SMILES string of the molecule is Cc1c(Cl)cc(C(=O)O)cc1S(=O)(=O)N(C)C(C)(C)C(N)=O. The van der Waals surface area contributed by atoms with E-state index in [4.69, 9.17) is 22.4 Å². The van der Waals surface area contributed by atoms with Gasteiger partial charge in [0.1, 0.15) is 5.54 Å². The zero-order valence-corrected chi connectivity index (χ0v) is 14.1. The molecule has 1 aromatic carbocycles. The molecule has 0 aromatic heterocycles. The average molecular weight is 349 g/mol. The van der Waals surface area contributed by atoms with Gasteiger partial charge in [0.25, 0.3) is 0 Å². The van der Waals surface area contributed by atoms with Crippen molar-refractivity contribution < 1.29 is 23.1 Å². The van der Waals surface area contributed by atoms with Crippen molar-refractivity contribution in [1.29, 1.82) is 0 Å². The van der Waals surface area contributed by atoms with Gasteiger partial charge in [0.05, 0.1) is 10.5 Å². The number of hydrogen-bond acceptors (Lipinski definition) is 4. The minimum Gasteiger partial charge on any atom is -0.478 e. The molecular formula is C13H17ClN2O5S. The number of primary amides is 1. The number of rotatable bonds is 5. The van der Waals surface area contributed by atoms with Gasteiger partial charge < -0.3 is 10.8 Å². The molecule has 0 aliphatic carbocycles. The highest BCUT2D eigenvalue weighted by Gasteiger charge is 2.39. The molecule has 0 saturated heterocycles. The van der Waals surface area contributed by atoms with Crippen LogP contribution in [0.1, 0.15) is 29.8 Å². The monoisotopic (exact) mass is 348 g/mol. The third-order valence-corrected chi connectivity index (χ3v) is 6.12. The first-order valence-electron chi connectivity index (χ1n) is 6.16. The summed E-state index contributed by atoms with van der Waals surface area (Å²) in [7, 11) is -2.97. The van der Waals surface area contributed by atoms with E-state index >= 15 is 0 Å². The Labute approximate surface area is 133 Å². The first kappa shape index (κ1) is 18.4. The molecule has 1 aromatic rings. The fourth-order valence-corrected chi connectivity index (χ4v) is 3.68. The van der Waals surface area contributed by atoms with E-state index in [2.05, 4.69) is 0 Å². The number of aromatic carboxylic acids is 1. The lowest BCUT2D eigenvalue weighted by Crippen LogP contribution is -2.53.